The number of nitrogen functional groups attached to an aromatic ring is 1. The van der Waals surface area contributed by atoms with Crippen LogP contribution in [0.3, 0.4) is 0 Å². The number of aldehydes is 1. The number of nitrogens with one attached hydrogen (secondary N) is 2. The summed E-state index contributed by atoms with van der Waals surface area (Å²) in [5.74, 6) is -1.98. The number of methoxy groups -OCH3 is 2. The Morgan fingerprint density at radius 1 is 0.937 bits per heavy atom. The lowest BCUT2D eigenvalue weighted by Crippen LogP contribution is -2.54. The molecule has 14 heteroatoms. The Morgan fingerprint density at radius 2 is 1.54 bits per heavy atom. The number of carboxylic acids is 1. The van der Waals surface area contributed by atoms with Crippen LogP contribution >= 0.6 is 0 Å². The molecule has 63 heavy (non-hydrogen) atoms. The van der Waals surface area contributed by atoms with Crippen molar-refractivity contribution in [3.63, 3.8) is 0 Å². The number of benzene rings is 2. The van der Waals surface area contributed by atoms with Gasteiger partial charge in [0, 0.05) is 52.4 Å². The van der Waals surface area contributed by atoms with Gasteiger partial charge in [-0.05, 0) is 68.6 Å². The number of carbonyl (C=O) groups is 5. The Bertz CT molecular complexity index is 1600. The topological polar surface area (TPSA) is 184 Å². The number of ether oxygens (including phenoxy) is 2. The highest BCUT2D eigenvalue weighted by atomic mass is 16.5. The molecule has 1 aliphatic heterocycles. The molecule has 1 aliphatic rings. The summed E-state index contributed by atoms with van der Waals surface area (Å²) in [7, 11) is 8.78. The highest BCUT2D eigenvalue weighted by Gasteiger charge is 2.37. The normalized spacial score (nSPS) is 16.8. The number of hydrogen-bond donors (Lipinski definition) is 4. The lowest BCUT2D eigenvalue weighted by atomic mass is 9.91. The zero-order valence-corrected chi connectivity index (χ0v) is 41.1. The van der Waals surface area contributed by atoms with Crippen molar-refractivity contribution in [1.82, 2.24) is 25.3 Å². The van der Waals surface area contributed by atoms with Crippen LogP contribution in [0.2, 0.25) is 0 Å². The first-order chi connectivity index (χ1) is 29.9. The zero-order valence-electron chi connectivity index (χ0n) is 41.1. The minimum Gasteiger partial charge on any atom is -0.480 e. The Balaban J connectivity index is 0.00000114. The van der Waals surface area contributed by atoms with Crippen molar-refractivity contribution in [2.75, 3.05) is 54.2 Å². The average Bonchev–Trinajstić information content (AvgIpc) is 3.68. The summed E-state index contributed by atoms with van der Waals surface area (Å²) >= 11 is 0. The summed E-state index contributed by atoms with van der Waals surface area (Å²) in [4.78, 5) is 67.1. The molecule has 3 rings (SSSR count). The SMILES string of the molecule is CC.CCC.CCC(C)C(C(CC=O)OC)N(C)C(=O)CNC(=O)C(C(C)C)N(C)Cc1cccc(N)c1.COC(C(C)C(=O)NC(Cc1ccccc1)C(=O)O)C1CCCN1C. The number of carboxylic acid groups (broad SMARTS) is 1. The third-order valence-electron chi connectivity index (χ3n) is 11.3. The maximum absolute atomic E-state index is 13.0. The van der Waals surface area contributed by atoms with Gasteiger partial charge in [-0.3, -0.25) is 19.3 Å². The number of hydrogen-bond acceptors (Lipinski definition) is 10. The number of likely N-dealkylation sites (N-methyl/N-ethyl adjacent to an activating group) is 3. The highest BCUT2D eigenvalue weighted by molar-refractivity contribution is 5.88. The van der Waals surface area contributed by atoms with Crippen LogP contribution in [0.1, 0.15) is 106 Å². The number of amides is 3. The van der Waals surface area contributed by atoms with Crippen molar-refractivity contribution in [2.24, 2.45) is 17.8 Å². The summed E-state index contributed by atoms with van der Waals surface area (Å²) in [5, 5.41) is 15.0. The monoisotopic (exact) mass is 885 g/mol. The number of aliphatic carboxylic acids is 1. The predicted molar refractivity (Wildman–Crippen MR) is 254 cm³/mol. The van der Waals surface area contributed by atoms with Crippen molar-refractivity contribution >= 4 is 35.7 Å². The van der Waals surface area contributed by atoms with Gasteiger partial charge in [-0.25, -0.2) is 4.79 Å². The number of anilines is 1. The largest absolute Gasteiger partial charge is 0.480 e. The first kappa shape index (κ1) is 58.6. The molecule has 8 unspecified atom stereocenters. The van der Waals surface area contributed by atoms with Crippen LogP contribution in [0.5, 0.6) is 0 Å². The van der Waals surface area contributed by atoms with E-state index in [-0.39, 0.29) is 67.1 Å². The van der Waals surface area contributed by atoms with E-state index in [2.05, 4.69) is 29.4 Å². The van der Waals surface area contributed by atoms with Gasteiger partial charge in [0.2, 0.25) is 17.7 Å². The fraction of sp³-hybridized carbons (Fsp3) is 0.653. The molecule has 8 atom stereocenters. The van der Waals surface area contributed by atoms with Crippen molar-refractivity contribution in [1.29, 1.82) is 0 Å². The van der Waals surface area contributed by atoms with Crippen LogP contribution in [-0.4, -0.2) is 135 Å². The maximum Gasteiger partial charge on any atom is 0.326 e. The Morgan fingerprint density at radius 3 is 2.02 bits per heavy atom. The minimum absolute atomic E-state index is 0.0437. The first-order valence-electron chi connectivity index (χ1n) is 22.8. The van der Waals surface area contributed by atoms with Gasteiger partial charge in [0.15, 0.2) is 0 Å². The minimum atomic E-state index is -1.03. The molecule has 3 amide bonds. The number of rotatable bonds is 22. The molecule has 2 aromatic rings. The van der Waals surface area contributed by atoms with E-state index in [0.717, 1.165) is 43.2 Å². The second-order valence-corrected chi connectivity index (χ2v) is 16.6. The molecule has 0 saturated carbocycles. The molecule has 358 valence electrons. The lowest BCUT2D eigenvalue weighted by molar-refractivity contribution is -0.143. The Kier molecular flexibility index (Phi) is 30.1. The second kappa shape index (κ2) is 32.3. The number of nitrogens with zero attached hydrogens (tertiary/aromatic N) is 3. The molecule has 1 saturated heterocycles. The molecular weight excluding hydrogens is 801 g/mol. The van der Waals surface area contributed by atoms with E-state index in [9.17, 15) is 29.1 Å². The molecule has 0 aliphatic carbocycles. The standard InChI is InChI=1S/C25H42N4O4.C19H28N2O4.C3H8.C2H6/c1-8-18(4)24(21(33-7)12-13-30)29(6)22(31)15-27-25(32)23(17(2)3)28(5)16-19-10-9-11-20(26)14-19;1-13(17(25-3)16-10-7-11-21(16)2)18(22)20-15(19(23)24)12-14-8-5-4-6-9-14;1-3-2;1-2/h9-11,13-14,17-18,21,23-24H,8,12,15-16,26H2,1-7H3,(H,27,32);4-6,8-9,13,15-17H,7,10-12H2,1-3H3,(H,20,22)(H,23,24);3H2,1-2H3;1-2H3. The fourth-order valence-electron chi connectivity index (χ4n) is 7.90. The van der Waals surface area contributed by atoms with Gasteiger partial charge >= 0.3 is 5.97 Å². The molecule has 1 fully saturated rings. The van der Waals surface area contributed by atoms with Crippen LogP contribution in [0, 0.1) is 17.8 Å². The van der Waals surface area contributed by atoms with E-state index in [4.69, 9.17) is 15.2 Å². The summed E-state index contributed by atoms with van der Waals surface area (Å²) < 4.78 is 11.1. The van der Waals surface area contributed by atoms with Crippen LogP contribution < -0.4 is 16.4 Å². The van der Waals surface area contributed by atoms with Gasteiger partial charge in [0.1, 0.15) is 12.3 Å². The van der Waals surface area contributed by atoms with Crippen LogP contribution in [0.15, 0.2) is 54.6 Å². The van der Waals surface area contributed by atoms with Gasteiger partial charge in [-0.1, -0.05) is 118 Å². The van der Waals surface area contributed by atoms with E-state index < -0.39 is 30.1 Å². The molecule has 2 aromatic carbocycles. The van der Waals surface area contributed by atoms with Crippen molar-refractivity contribution in [3.05, 3.63) is 65.7 Å². The van der Waals surface area contributed by atoms with Crippen molar-refractivity contribution < 1.29 is 38.6 Å². The van der Waals surface area contributed by atoms with Crippen LogP contribution in [-0.2, 0) is 46.4 Å². The third-order valence-corrected chi connectivity index (χ3v) is 11.3. The molecular formula is C49H84N6O8. The molecule has 5 N–H and O–H groups in total. The Hall–Kier alpha value is -4.37. The number of likely N-dealkylation sites (tertiary alicyclic amines) is 1. The van der Waals surface area contributed by atoms with Crippen LogP contribution in [0.4, 0.5) is 5.69 Å². The molecule has 0 spiro atoms. The average molecular weight is 885 g/mol. The second-order valence-electron chi connectivity index (χ2n) is 16.6. The van der Waals surface area contributed by atoms with Gasteiger partial charge in [-0.15, -0.1) is 0 Å². The highest BCUT2D eigenvalue weighted by Crippen LogP contribution is 2.25. The first-order valence-corrected chi connectivity index (χ1v) is 22.8. The molecule has 0 bridgehead atoms. The van der Waals surface area contributed by atoms with Crippen molar-refractivity contribution in [3.8, 4) is 0 Å². The predicted octanol–water partition coefficient (Wildman–Crippen LogP) is 6.30. The van der Waals surface area contributed by atoms with Gasteiger partial charge < -0.3 is 45.5 Å². The number of nitrogens with two attached hydrogens (primary N) is 1. The van der Waals surface area contributed by atoms with E-state index in [0.29, 0.717) is 12.2 Å². The van der Waals surface area contributed by atoms with E-state index >= 15 is 0 Å². The maximum atomic E-state index is 13.0. The summed E-state index contributed by atoms with van der Waals surface area (Å²) in [6, 6.07) is 15.5. The van der Waals surface area contributed by atoms with Gasteiger partial charge in [-0.2, -0.15) is 0 Å². The van der Waals surface area contributed by atoms with Crippen LogP contribution in [0.25, 0.3) is 0 Å². The third kappa shape index (κ3) is 20.3. The molecule has 0 radical (unpaired) electrons. The summed E-state index contributed by atoms with van der Waals surface area (Å²) in [5.41, 5.74) is 8.45. The molecule has 1 heterocycles. The molecule has 0 aromatic heterocycles. The van der Waals surface area contributed by atoms with E-state index in [1.54, 1.807) is 33.1 Å². The quantitative estimate of drug-likeness (QED) is 0.0769. The van der Waals surface area contributed by atoms with E-state index in [1.807, 2.05) is 115 Å². The Labute approximate surface area is 380 Å². The van der Waals surface area contributed by atoms with Gasteiger partial charge in [0.05, 0.1) is 36.8 Å². The zero-order chi connectivity index (χ0) is 48.2. The lowest BCUT2D eigenvalue weighted by Gasteiger charge is -2.37. The summed E-state index contributed by atoms with van der Waals surface area (Å²) in [6.07, 6.45) is 4.79. The van der Waals surface area contributed by atoms with Crippen molar-refractivity contribution in [2.45, 2.75) is 144 Å². The van der Waals surface area contributed by atoms with E-state index in [1.165, 1.54) is 6.42 Å². The fourth-order valence-corrected chi connectivity index (χ4v) is 7.90. The smallest absolute Gasteiger partial charge is 0.326 e. The van der Waals surface area contributed by atoms with Gasteiger partial charge in [0.25, 0.3) is 0 Å². The molecule has 14 nitrogen and oxygen atoms in total. The number of carbonyl (C=O) groups excluding carboxylic acids is 4. The summed E-state index contributed by atoms with van der Waals surface area (Å²) in [6.45, 7) is 19.5.